The molecule has 0 aliphatic rings. The average Bonchev–Trinajstić information content (AvgIpc) is 2.40. The third-order valence-electron chi connectivity index (χ3n) is 3.25. The predicted molar refractivity (Wildman–Crippen MR) is 77.8 cm³/mol. The molecule has 0 spiro atoms. The molecule has 6 heteroatoms. The van der Waals surface area contributed by atoms with Gasteiger partial charge in [-0.3, -0.25) is 14.3 Å². The van der Waals surface area contributed by atoms with Crippen molar-refractivity contribution < 1.29 is 9.50 Å². The fourth-order valence-corrected chi connectivity index (χ4v) is 2.06. The first-order valence-electron chi connectivity index (χ1n) is 6.72. The minimum absolute atomic E-state index is 0.0328. The number of aromatic amines is 1. The maximum absolute atomic E-state index is 13.8. The van der Waals surface area contributed by atoms with E-state index >= 15 is 0 Å². The summed E-state index contributed by atoms with van der Waals surface area (Å²) >= 11 is 0. The van der Waals surface area contributed by atoms with Gasteiger partial charge in [-0.15, -0.1) is 0 Å². The van der Waals surface area contributed by atoms with E-state index in [1.807, 2.05) is 13.8 Å². The van der Waals surface area contributed by atoms with Crippen molar-refractivity contribution in [3.63, 3.8) is 0 Å². The summed E-state index contributed by atoms with van der Waals surface area (Å²) in [5.74, 6) is -0.818. The van der Waals surface area contributed by atoms with Crippen molar-refractivity contribution in [2.45, 2.75) is 26.8 Å². The highest BCUT2D eigenvalue weighted by molar-refractivity contribution is 5.67. The lowest BCUT2D eigenvalue weighted by Gasteiger charge is -2.13. The zero-order chi connectivity index (χ0) is 15.6. The second kappa shape index (κ2) is 5.95. The minimum atomic E-state index is -0.802. The Morgan fingerprint density at radius 3 is 2.57 bits per heavy atom. The molecular formula is C15H17FN2O3. The van der Waals surface area contributed by atoms with Gasteiger partial charge in [0.05, 0.1) is 0 Å². The van der Waals surface area contributed by atoms with Crippen LogP contribution in [-0.2, 0) is 6.54 Å². The highest BCUT2D eigenvalue weighted by atomic mass is 19.1. The summed E-state index contributed by atoms with van der Waals surface area (Å²) in [5, 5.41) is 10.2. The maximum atomic E-state index is 13.8. The molecule has 1 heterocycles. The average molecular weight is 292 g/mol. The van der Waals surface area contributed by atoms with Crippen LogP contribution in [0.25, 0.3) is 11.1 Å². The van der Waals surface area contributed by atoms with Crippen molar-refractivity contribution in [2.24, 2.45) is 5.92 Å². The molecule has 0 amide bonds. The molecule has 0 aliphatic carbocycles. The van der Waals surface area contributed by atoms with Crippen LogP contribution in [0.3, 0.4) is 0 Å². The monoisotopic (exact) mass is 292 g/mol. The van der Waals surface area contributed by atoms with E-state index in [2.05, 4.69) is 4.98 Å². The fraction of sp³-hybridized carbons (Fsp3) is 0.333. The van der Waals surface area contributed by atoms with Gasteiger partial charge in [-0.05, 0) is 18.4 Å². The third-order valence-corrected chi connectivity index (χ3v) is 3.25. The number of nitrogens with zero attached hydrogens (tertiary/aromatic N) is 1. The Bertz CT molecular complexity index is 762. The maximum Gasteiger partial charge on any atom is 0.331 e. The van der Waals surface area contributed by atoms with Gasteiger partial charge in [-0.25, -0.2) is 9.18 Å². The van der Waals surface area contributed by atoms with E-state index in [4.69, 9.17) is 0 Å². The SMILES string of the molecule is CC(C)CCn1c(O)c(-c2ccccc2F)c(=O)[nH]c1=O. The van der Waals surface area contributed by atoms with Gasteiger partial charge in [0, 0.05) is 12.1 Å². The fourth-order valence-electron chi connectivity index (χ4n) is 2.06. The Morgan fingerprint density at radius 1 is 1.29 bits per heavy atom. The molecule has 21 heavy (non-hydrogen) atoms. The standard InChI is InChI=1S/C15H17FN2O3/c1-9(2)7-8-18-14(20)12(13(19)17-15(18)21)10-5-3-4-6-11(10)16/h3-6,9,20H,7-8H2,1-2H3,(H,17,19,21). The van der Waals surface area contributed by atoms with Gasteiger partial charge in [0.15, 0.2) is 0 Å². The Balaban J connectivity index is 2.63. The molecule has 1 aromatic heterocycles. The largest absolute Gasteiger partial charge is 0.494 e. The van der Waals surface area contributed by atoms with Crippen LogP contribution in [0, 0.1) is 11.7 Å². The topological polar surface area (TPSA) is 75.1 Å². The molecule has 0 aliphatic heterocycles. The number of aromatic nitrogens is 2. The van der Waals surface area contributed by atoms with Crippen molar-refractivity contribution in [1.29, 1.82) is 0 Å². The lowest BCUT2D eigenvalue weighted by molar-refractivity contribution is 0.386. The van der Waals surface area contributed by atoms with Gasteiger partial charge in [0.1, 0.15) is 11.4 Å². The van der Waals surface area contributed by atoms with Crippen LogP contribution in [0.15, 0.2) is 33.9 Å². The smallest absolute Gasteiger partial charge is 0.331 e. The summed E-state index contributed by atoms with van der Waals surface area (Å²) in [6, 6.07) is 5.62. The second-order valence-corrected chi connectivity index (χ2v) is 5.27. The number of benzene rings is 1. The van der Waals surface area contributed by atoms with Gasteiger partial charge >= 0.3 is 5.69 Å². The molecule has 1 aromatic carbocycles. The molecule has 0 saturated heterocycles. The molecule has 2 rings (SSSR count). The van der Waals surface area contributed by atoms with Crippen molar-refractivity contribution >= 4 is 0 Å². The normalized spacial score (nSPS) is 11.0. The molecule has 2 N–H and O–H groups in total. The first-order valence-corrected chi connectivity index (χ1v) is 6.72. The number of hydrogen-bond donors (Lipinski definition) is 2. The van der Waals surface area contributed by atoms with Crippen molar-refractivity contribution in [1.82, 2.24) is 9.55 Å². The zero-order valence-corrected chi connectivity index (χ0v) is 11.9. The number of nitrogens with one attached hydrogen (secondary N) is 1. The number of H-pyrrole nitrogens is 1. The lowest BCUT2D eigenvalue weighted by atomic mass is 10.1. The van der Waals surface area contributed by atoms with Gasteiger partial charge in [0.2, 0.25) is 5.88 Å². The van der Waals surface area contributed by atoms with E-state index in [0.717, 1.165) is 4.57 Å². The molecule has 0 unspecified atom stereocenters. The summed E-state index contributed by atoms with van der Waals surface area (Å²) in [7, 11) is 0. The van der Waals surface area contributed by atoms with Crippen LogP contribution >= 0.6 is 0 Å². The van der Waals surface area contributed by atoms with Crippen molar-refractivity contribution in [3.8, 4) is 17.0 Å². The first-order chi connectivity index (χ1) is 9.91. The summed E-state index contributed by atoms with van der Waals surface area (Å²) in [5.41, 5.74) is -1.76. The van der Waals surface area contributed by atoms with Crippen molar-refractivity contribution in [2.75, 3.05) is 0 Å². The molecule has 0 atom stereocenters. The molecule has 0 bridgehead atoms. The quantitative estimate of drug-likeness (QED) is 0.906. The molecule has 2 aromatic rings. The first kappa shape index (κ1) is 15.0. The number of hydrogen-bond acceptors (Lipinski definition) is 3. The molecule has 5 nitrogen and oxygen atoms in total. The minimum Gasteiger partial charge on any atom is -0.494 e. The van der Waals surface area contributed by atoms with E-state index in [0.29, 0.717) is 12.3 Å². The van der Waals surface area contributed by atoms with Gasteiger partial charge in [0.25, 0.3) is 5.56 Å². The number of halogens is 1. The van der Waals surface area contributed by atoms with E-state index in [1.165, 1.54) is 18.2 Å². The van der Waals surface area contributed by atoms with E-state index in [9.17, 15) is 19.1 Å². The predicted octanol–water partition coefficient (Wildman–Crippen LogP) is 2.09. The van der Waals surface area contributed by atoms with E-state index < -0.39 is 22.9 Å². The van der Waals surface area contributed by atoms with E-state index in [1.54, 1.807) is 6.07 Å². The molecule has 0 radical (unpaired) electrons. The molecular weight excluding hydrogens is 275 g/mol. The Kier molecular flexibility index (Phi) is 4.26. The van der Waals surface area contributed by atoms with Crippen LogP contribution < -0.4 is 11.2 Å². The highest BCUT2D eigenvalue weighted by Gasteiger charge is 2.18. The van der Waals surface area contributed by atoms with Gasteiger partial charge in [-0.2, -0.15) is 0 Å². The lowest BCUT2D eigenvalue weighted by Crippen LogP contribution is -2.31. The van der Waals surface area contributed by atoms with Crippen LogP contribution in [0.1, 0.15) is 20.3 Å². The van der Waals surface area contributed by atoms with Crippen LogP contribution in [0.5, 0.6) is 5.88 Å². The second-order valence-electron chi connectivity index (χ2n) is 5.27. The highest BCUT2D eigenvalue weighted by Crippen LogP contribution is 2.26. The molecule has 112 valence electrons. The summed E-state index contributed by atoms with van der Waals surface area (Å²) in [6.45, 7) is 4.21. The van der Waals surface area contributed by atoms with Gasteiger partial charge in [-0.1, -0.05) is 32.0 Å². The summed E-state index contributed by atoms with van der Waals surface area (Å²) in [6.07, 6.45) is 0.649. The number of rotatable bonds is 4. The van der Waals surface area contributed by atoms with Crippen LogP contribution in [-0.4, -0.2) is 14.7 Å². The number of aromatic hydroxyl groups is 1. The molecule has 0 saturated carbocycles. The summed E-state index contributed by atoms with van der Waals surface area (Å²) in [4.78, 5) is 25.8. The Morgan fingerprint density at radius 2 is 1.95 bits per heavy atom. The summed E-state index contributed by atoms with van der Waals surface area (Å²) < 4.78 is 14.9. The Hall–Kier alpha value is -2.37. The van der Waals surface area contributed by atoms with Crippen LogP contribution in [0.2, 0.25) is 0 Å². The van der Waals surface area contributed by atoms with Crippen molar-refractivity contribution in [3.05, 3.63) is 50.9 Å². The zero-order valence-electron chi connectivity index (χ0n) is 11.9. The van der Waals surface area contributed by atoms with Crippen LogP contribution in [0.4, 0.5) is 4.39 Å². The molecule has 0 fully saturated rings. The van der Waals surface area contributed by atoms with Gasteiger partial charge < -0.3 is 5.11 Å². The van der Waals surface area contributed by atoms with E-state index in [-0.39, 0.29) is 17.7 Å². The third kappa shape index (κ3) is 3.04. The Labute approximate surface area is 120 Å².